The second-order valence-corrected chi connectivity index (χ2v) is 5.16. The molecule has 0 spiro atoms. The van der Waals surface area contributed by atoms with Crippen molar-refractivity contribution in [1.29, 1.82) is 0 Å². The molecule has 3 rings (SSSR count). The molecule has 4 heteroatoms. The van der Waals surface area contributed by atoms with Gasteiger partial charge in [0.1, 0.15) is 10.3 Å². The summed E-state index contributed by atoms with van der Waals surface area (Å²) in [6.07, 6.45) is 3.00. The van der Waals surface area contributed by atoms with Gasteiger partial charge in [-0.3, -0.25) is 0 Å². The maximum Gasteiger partial charge on any atom is 0.140 e. The summed E-state index contributed by atoms with van der Waals surface area (Å²) in [5.74, 6) is 0. The van der Waals surface area contributed by atoms with Gasteiger partial charge >= 0.3 is 0 Å². The number of pyridine rings is 1. The minimum atomic E-state index is 0.428. The van der Waals surface area contributed by atoms with Gasteiger partial charge in [0.15, 0.2) is 0 Å². The van der Waals surface area contributed by atoms with E-state index in [-0.39, 0.29) is 0 Å². The van der Waals surface area contributed by atoms with E-state index in [0.29, 0.717) is 10.3 Å². The number of fused-ring (bicyclic) bond motifs is 1. The van der Waals surface area contributed by atoms with E-state index < -0.39 is 0 Å². The van der Waals surface area contributed by atoms with Crippen LogP contribution in [-0.4, -0.2) is 9.55 Å². The first kappa shape index (κ1) is 12.5. The Kier molecular flexibility index (Phi) is 3.45. The zero-order chi connectivity index (χ0) is 13.2. The lowest BCUT2D eigenvalue weighted by Crippen LogP contribution is -1.99. The highest BCUT2D eigenvalue weighted by atomic mass is 35.5. The summed E-state index contributed by atoms with van der Waals surface area (Å²) in [7, 11) is 0. The molecule has 0 atom stereocenters. The van der Waals surface area contributed by atoms with Crippen LogP contribution in [0.25, 0.3) is 10.9 Å². The summed E-state index contributed by atoms with van der Waals surface area (Å²) < 4.78 is 2.15. The van der Waals surface area contributed by atoms with E-state index >= 15 is 0 Å². The molecule has 0 aliphatic heterocycles. The Hall–Kier alpha value is -1.51. The van der Waals surface area contributed by atoms with Gasteiger partial charge in [0, 0.05) is 18.1 Å². The van der Waals surface area contributed by atoms with Crippen LogP contribution >= 0.6 is 23.2 Å². The maximum absolute atomic E-state index is 6.08. The number of halogens is 2. The summed E-state index contributed by atoms with van der Waals surface area (Å²) in [5.41, 5.74) is 2.34. The van der Waals surface area contributed by atoms with Crippen LogP contribution in [0.15, 0.2) is 48.7 Å². The van der Waals surface area contributed by atoms with Crippen LogP contribution < -0.4 is 0 Å². The molecule has 0 aliphatic rings. The maximum atomic E-state index is 6.08. The average molecular weight is 291 g/mol. The molecule has 0 radical (unpaired) electrons. The summed E-state index contributed by atoms with van der Waals surface area (Å²) in [6.45, 7) is 0.893. The topological polar surface area (TPSA) is 17.8 Å². The first-order valence-electron chi connectivity index (χ1n) is 6.09. The second kappa shape index (κ2) is 5.24. The van der Waals surface area contributed by atoms with Crippen molar-refractivity contribution in [2.75, 3.05) is 0 Å². The molecule has 0 unspecified atom stereocenters. The van der Waals surface area contributed by atoms with Gasteiger partial charge in [-0.2, -0.15) is 0 Å². The minimum absolute atomic E-state index is 0.428. The monoisotopic (exact) mass is 290 g/mol. The quantitative estimate of drug-likeness (QED) is 0.645. The summed E-state index contributed by atoms with van der Waals surface area (Å²) in [6, 6.07) is 14.2. The standard InChI is InChI=1S/C15H12Cl2N2/c16-14-10-13-12(15(17)18-14)7-9-19(13)8-6-11-4-2-1-3-5-11/h1-5,7,9-10H,6,8H2. The van der Waals surface area contributed by atoms with Gasteiger partial charge in [-0.25, -0.2) is 4.98 Å². The van der Waals surface area contributed by atoms with Crippen molar-refractivity contribution in [1.82, 2.24) is 9.55 Å². The zero-order valence-electron chi connectivity index (χ0n) is 10.2. The largest absolute Gasteiger partial charge is 0.347 e. The van der Waals surface area contributed by atoms with Gasteiger partial charge in [-0.05, 0) is 24.1 Å². The third kappa shape index (κ3) is 2.60. The van der Waals surface area contributed by atoms with Crippen LogP contribution in [0.2, 0.25) is 10.3 Å². The number of nitrogens with zero attached hydrogens (tertiary/aromatic N) is 2. The van der Waals surface area contributed by atoms with Gasteiger partial charge in [0.05, 0.1) is 5.52 Å². The number of aryl methyl sites for hydroxylation is 2. The number of rotatable bonds is 3. The molecular weight excluding hydrogens is 279 g/mol. The van der Waals surface area contributed by atoms with Crippen molar-refractivity contribution >= 4 is 34.1 Å². The van der Waals surface area contributed by atoms with Crippen molar-refractivity contribution in [3.63, 3.8) is 0 Å². The van der Waals surface area contributed by atoms with Crippen molar-refractivity contribution < 1.29 is 0 Å². The molecule has 0 N–H and O–H groups in total. The fourth-order valence-corrected chi connectivity index (χ4v) is 2.69. The molecule has 3 aromatic rings. The van der Waals surface area contributed by atoms with E-state index in [1.54, 1.807) is 0 Å². The Morgan fingerprint density at radius 2 is 1.84 bits per heavy atom. The molecular formula is C15H12Cl2N2. The van der Waals surface area contributed by atoms with E-state index in [1.165, 1.54) is 5.56 Å². The SMILES string of the molecule is Clc1cc2c(ccn2CCc2ccccc2)c(Cl)n1. The average Bonchev–Trinajstić information content (AvgIpc) is 2.81. The number of aromatic nitrogens is 2. The smallest absolute Gasteiger partial charge is 0.140 e. The third-order valence-corrected chi connectivity index (χ3v) is 3.66. The first-order chi connectivity index (χ1) is 9.24. The molecule has 0 aliphatic carbocycles. The van der Waals surface area contributed by atoms with E-state index in [1.807, 2.05) is 24.4 Å². The number of benzene rings is 1. The van der Waals surface area contributed by atoms with Crippen LogP contribution in [0.4, 0.5) is 0 Å². The Morgan fingerprint density at radius 3 is 2.63 bits per heavy atom. The Balaban J connectivity index is 1.89. The van der Waals surface area contributed by atoms with Gasteiger partial charge in [-0.15, -0.1) is 0 Å². The van der Waals surface area contributed by atoms with Gasteiger partial charge < -0.3 is 4.57 Å². The van der Waals surface area contributed by atoms with Gasteiger partial charge in [-0.1, -0.05) is 53.5 Å². The number of hydrogen-bond acceptors (Lipinski definition) is 1. The molecule has 2 nitrogen and oxygen atoms in total. The number of hydrogen-bond donors (Lipinski definition) is 0. The van der Waals surface area contributed by atoms with Gasteiger partial charge in [0.25, 0.3) is 0 Å². The van der Waals surface area contributed by atoms with E-state index in [2.05, 4.69) is 33.8 Å². The lowest BCUT2D eigenvalue weighted by atomic mass is 10.1. The van der Waals surface area contributed by atoms with Crippen LogP contribution in [0.5, 0.6) is 0 Å². The molecule has 0 amide bonds. The lowest BCUT2D eigenvalue weighted by Gasteiger charge is -2.06. The normalized spacial score (nSPS) is 11.1. The molecule has 0 saturated carbocycles. The fourth-order valence-electron chi connectivity index (χ4n) is 2.21. The van der Waals surface area contributed by atoms with Crippen LogP contribution in [0.3, 0.4) is 0 Å². The predicted molar refractivity (Wildman–Crippen MR) is 79.9 cm³/mol. The second-order valence-electron chi connectivity index (χ2n) is 4.41. The van der Waals surface area contributed by atoms with Crippen LogP contribution in [0.1, 0.15) is 5.56 Å². The van der Waals surface area contributed by atoms with Crippen molar-refractivity contribution in [2.24, 2.45) is 0 Å². The third-order valence-electron chi connectivity index (χ3n) is 3.17. The Morgan fingerprint density at radius 1 is 1.05 bits per heavy atom. The molecule has 0 saturated heterocycles. The summed E-state index contributed by atoms with van der Waals surface area (Å²) in [4.78, 5) is 4.05. The zero-order valence-corrected chi connectivity index (χ0v) is 11.7. The predicted octanol–water partition coefficient (Wildman–Crippen LogP) is 4.59. The van der Waals surface area contributed by atoms with E-state index in [4.69, 9.17) is 23.2 Å². The van der Waals surface area contributed by atoms with Crippen LogP contribution in [-0.2, 0) is 13.0 Å². The van der Waals surface area contributed by atoms with E-state index in [0.717, 1.165) is 23.9 Å². The highest BCUT2D eigenvalue weighted by Gasteiger charge is 2.07. The Labute approximate surface area is 121 Å². The van der Waals surface area contributed by atoms with Crippen molar-refractivity contribution in [3.8, 4) is 0 Å². The van der Waals surface area contributed by atoms with Gasteiger partial charge in [0.2, 0.25) is 0 Å². The molecule has 0 fully saturated rings. The molecule has 2 aromatic heterocycles. The van der Waals surface area contributed by atoms with E-state index in [9.17, 15) is 0 Å². The molecule has 2 heterocycles. The summed E-state index contributed by atoms with van der Waals surface area (Å²) >= 11 is 12.0. The fraction of sp³-hybridized carbons (Fsp3) is 0.133. The summed E-state index contributed by atoms with van der Waals surface area (Å²) in [5, 5.41) is 1.83. The molecule has 1 aromatic carbocycles. The Bertz CT molecular complexity index is 705. The lowest BCUT2D eigenvalue weighted by molar-refractivity contribution is 0.723. The van der Waals surface area contributed by atoms with Crippen molar-refractivity contribution in [2.45, 2.75) is 13.0 Å². The highest BCUT2D eigenvalue weighted by molar-refractivity contribution is 6.36. The van der Waals surface area contributed by atoms with Crippen molar-refractivity contribution in [3.05, 3.63) is 64.5 Å². The molecule has 0 bridgehead atoms. The molecule has 19 heavy (non-hydrogen) atoms. The molecule has 96 valence electrons. The highest BCUT2D eigenvalue weighted by Crippen LogP contribution is 2.25. The minimum Gasteiger partial charge on any atom is -0.347 e. The van der Waals surface area contributed by atoms with Crippen LogP contribution in [0, 0.1) is 0 Å². The first-order valence-corrected chi connectivity index (χ1v) is 6.84.